The van der Waals surface area contributed by atoms with E-state index in [1.54, 1.807) is 6.07 Å². The van der Waals surface area contributed by atoms with Crippen LogP contribution in [-0.2, 0) is 0 Å². The Labute approximate surface area is 112 Å². The topological polar surface area (TPSA) is 35.8 Å². The summed E-state index contributed by atoms with van der Waals surface area (Å²) in [6.07, 6.45) is 4.35. The first-order chi connectivity index (χ1) is 8.20. The fourth-order valence-corrected chi connectivity index (χ4v) is 2.56. The highest BCUT2D eigenvalue weighted by Crippen LogP contribution is 2.29. The standard InChI is InChI=1S/C13H14Cl2N2/c14-11-6-5-10(7-12(11)15)17-13-4-2-1-3-9(13)8-16/h5-7,9,13,17H,1-4H2. The van der Waals surface area contributed by atoms with E-state index in [1.807, 2.05) is 12.1 Å². The minimum Gasteiger partial charge on any atom is -0.381 e. The van der Waals surface area contributed by atoms with Gasteiger partial charge in [-0.1, -0.05) is 36.0 Å². The molecule has 0 spiro atoms. The SMILES string of the molecule is N#CC1CCCCC1Nc1ccc(Cl)c(Cl)c1. The minimum atomic E-state index is 0.0956. The molecule has 0 aliphatic heterocycles. The van der Waals surface area contributed by atoms with Crippen molar-refractivity contribution in [2.45, 2.75) is 31.7 Å². The molecular weight excluding hydrogens is 255 g/mol. The Hall–Kier alpha value is -0.910. The summed E-state index contributed by atoms with van der Waals surface area (Å²) in [4.78, 5) is 0. The van der Waals surface area contributed by atoms with Crippen LogP contribution >= 0.6 is 23.2 Å². The molecule has 2 nitrogen and oxygen atoms in total. The molecule has 0 radical (unpaired) electrons. The molecule has 1 aliphatic rings. The highest BCUT2D eigenvalue weighted by Gasteiger charge is 2.24. The largest absolute Gasteiger partial charge is 0.381 e. The van der Waals surface area contributed by atoms with Gasteiger partial charge in [0.1, 0.15) is 0 Å². The van der Waals surface area contributed by atoms with Crippen LogP contribution in [0, 0.1) is 17.2 Å². The Balaban J connectivity index is 2.09. The number of hydrogen-bond donors (Lipinski definition) is 1. The van der Waals surface area contributed by atoms with Crippen LogP contribution in [0.15, 0.2) is 18.2 Å². The lowest BCUT2D eigenvalue weighted by Gasteiger charge is -2.28. The summed E-state index contributed by atoms with van der Waals surface area (Å²) in [5, 5.41) is 13.6. The van der Waals surface area contributed by atoms with Gasteiger partial charge in [-0.2, -0.15) is 5.26 Å². The van der Waals surface area contributed by atoms with Crippen molar-refractivity contribution in [3.8, 4) is 6.07 Å². The van der Waals surface area contributed by atoms with Crippen molar-refractivity contribution in [3.63, 3.8) is 0 Å². The highest BCUT2D eigenvalue weighted by atomic mass is 35.5. The van der Waals surface area contributed by atoms with Gasteiger partial charge < -0.3 is 5.32 Å². The van der Waals surface area contributed by atoms with Gasteiger partial charge in [0.25, 0.3) is 0 Å². The van der Waals surface area contributed by atoms with Gasteiger partial charge in [0.15, 0.2) is 0 Å². The van der Waals surface area contributed by atoms with Crippen molar-refractivity contribution in [3.05, 3.63) is 28.2 Å². The van der Waals surface area contributed by atoms with Crippen LogP contribution in [0.2, 0.25) is 10.0 Å². The zero-order valence-corrected chi connectivity index (χ0v) is 10.9. The number of benzene rings is 1. The van der Waals surface area contributed by atoms with Crippen molar-refractivity contribution in [1.82, 2.24) is 0 Å². The second-order valence-corrected chi connectivity index (χ2v) is 5.21. The van der Waals surface area contributed by atoms with Crippen molar-refractivity contribution in [2.24, 2.45) is 5.92 Å². The summed E-state index contributed by atoms with van der Waals surface area (Å²) in [7, 11) is 0. The van der Waals surface area contributed by atoms with Crippen LogP contribution in [0.5, 0.6) is 0 Å². The lowest BCUT2D eigenvalue weighted by atomic mass is 9.85. The average Bonchev–Trinajstić information content (AvgIpc) is 2.34. The fourth-order valence-electron chi connectivity index (χ4n) is 2.26. The maximum Gasteiger partial charge on any atom is 0.0677 e. The van der Waals surface area contributed by atoms with Crippen LogP contribution in [0.4, 0.5) is 5.69 Å². The summed E-state index contributed by atoms with van der Waals surface area (Å²) in [6, 6.07) is 8.09. The normalized spacial score (nSPS) is 24.1. The molecular formula is C13H14Cl2N2. The Morgan fingerprint density at radius 3 is 2.65 bits per heavy atom. The van der Waals surface area contributed by atoms with Crippen LogP contribution < -0.4 is 5.32 Å². The molecule has 0 heterocycles. The van der Waals surface area contributed by atoms with E-state index < -0.39 is 0 Å². The predicted octanol–water partition coefficient (Wildman–Crippen LogP) is 4.49. The van der Waals surface area contributed by atoms with Gasteiger partial charge in [-0.3, -0.25) is 0 Å². The molecule has 1 fully saturated rings. The van der Waals surface area contributed by atoms with E-state index in [9.17, 15) is 0 Å². The molecule has 1 aliphatic carbocycles. The summed E-state index contributed by atoms with van der Waals surface area (Å²) in [5.41, 5.74) is 0.937. The third-order valence-corrected chi connectivity index (χ3v) is 3.94. The van der Waals surface area contributed by atoms with Crippen LogP contribution in [0.25, 0.3) is 0 Å². The summed E-state index contributed by atoms with van der Waals surface area (Å²) < 4.78 is 0. The van der Waals surface area contributed by atoms with Gasteiger partial charge >= 0.3 is 0 Å². The van der Waals surface area contributed by atoms with Gasteiger partial charge in [-0.25, -0.2) is 0 Å². The fraction of sp³-hybridized carbons (Fsp3) is 0.462. The van der Waals surface area contributed by atoms with E-state index in [0.717, 1.165) is 24.9 Å². The molecule has 1 aromatic rings. The second-order valence-electron chi connectivity index (χ2n) is 4.40. The summed E-state index contributed by atoms with van der Waals surface area (Å²) in [5.74, 6) is 0.0956. The molecule has 2 atom stereocenters. The molecule has 2 unspecified atom stereocenters. The molecule has 0 bridgehead atoms. The maximum absolute atomic E-state index is 9.10. The number of anilines is 1. The molecule has 0 saturated heterocycles. The minimum absolute atomic E-state index is 0.0956. The molecule has 0 amide bonds. The highest BCUT2D eigenvalue weighted by molar-refractivity contribution is 6.42. The molecule has 90 valence electrons. The average molecular weight is 269 g/mol. The second kappa shape index (κ2) is 5.62. The van der Waals surface area contributed by atoms with Gasteiger partial charge in [0.2, 0.25) is 0 Å². The first-order valence-electron chi connectivity index (χ1n) is 5.82. The molecule has 1 aromatic carbocycles. The predicted molar refractivity (Wildman–Crippen MR) is 71.4 cm³/mol. The lowest BCUT2D eigenvalue weighted by Crippen LogP contribution is -2.31. The van der Waals surface area contributed by atoms with Gasteiger partial charge in [-0.15, -0.1) is 0 Å². The summed E-state index contributed by atoms with van der Waals surface area (Å²) in [6.45, 7) is 0. The van der Waals surface area contributed by atoms with Crippen molar-refractivity contribution in [2.75, 3.05) is 5.32 Å². The van der Waals surface area contributed by atoms with E-state index in [1.165, 1.54) is 6.42 Å². The van der Waals surface area contributed by atoms with Crippen LogP contribution in [0.3, 0.4) is 0 Å². The molecule has 2 rings (SSSR count). The quantitative estimate of drug-likeness (QED) is 0.858. The molecule has 1 saturated carbocycles. The van der Waals surface area contributed by atoms with E-state index in [4.69, 9.17) is 28.5 Å². The number of hydrogen-bond acceptors (Lipinski definition) is 2. The summed E-state index contributed by atoms with van der Waals surface area (Å²) >= 11 is 11.8. The molecule has 4 heteroatoms. The Kier molecular flexibility index (Phi) is 4.15. The van der Waals surface area contributed by atoms with Crippen molar-refractivity contribution >= 4 is 28.9 Å². The third-order valence-electron chi connectivity index (χ3n) is 3.20. The molecule has 17 heavy (non-hydrogen) atoms. The van der Waals surface area contributed by atoms with Crippen LogP contribution in [0.1, 0.15) is 25.7 Å². The smallest absolute Gasteiger partial charge is 0.0677 e. The van der Waals surface area contributed by atoms with Gasteiger partial charge in [-0.05, 0) is 31.0 Å². The van der Waals surface area contributed by atoms with Crippen molar-refractivity contribution in [1.29, 1.82) is 5.26 Å². The lowest BCUT2D eigenvalue weighted by molar-refractivity contribution is 0.389. The van der Waals surface area contributed by atoms with E-state index in [-0.39, 0.29) is 12.0 Å². The third kappa shape index (κ3) is 3.06. The van der Waals surface area contributed by atoms with Crippen LogP contribution in [-0.4, -0.2) is 6.04 Å². The number of rotatable bonds is 2. The number of nitriles is 1. The zero-order valence-electron chi connectivity index (χ0n) is 9.42. The number of halogens is 2. The first kappa shape index (κ1) is 12.5. The van der Waals surface area contributed by atoms with Crippen molar-refractivity contribution < 1.29 is 0 Å². The Morgan fingerprint density at radius 2 is 1.94 bits per heavy atom. The van der Waals surface area contributed by atoms with Gasteiger partial charge in [0.05, 0.1) is 22.0 Å². The monoisotopic (exact) mass is 268 g/mol. The van der Waals surface area contributed by atoms with E-state index in [0.29, 0.717) is 10.0 Å². The maximum atomic E-state index is 9.10. The van der Waals surface area contributed by atoms with E-state index >= 15 is 0 Å². The molecule has 1 N–H and O–H groups in total. The van der Waals surface area contributed by atoms with E-state index in [2.05, 4.69) is 11.4 Å². The Morgan fingerprint density at radius 1 is 1.18 bits per heavy atom. The number of nitrogens with one attached hydrogen (secondary N) is 1. The first-order valence-corrected chi connectivity index (χ1v) is 6.57. The number of nitrogens with zero attached hydrogens (tertiary/aromatic N) is 1. The zero-order chi connectivity index (χ0) is 12.3. The molecule has 0 aromatic heterocycles. The Bertz CT molecular complexity index is 440. The van der Waals surface area contributed by atoms with Gasteiger partial charge in [0, 0.05) is 11.7 Å².